The van der Waals surface area contributed by atoms with Crippen LogP contribution in [-0.4, -0.2) is 36.7 Å². The van der Waals surface area contributed by atoms with Crippen LogP contribution in [0.3, 0.4) is 0 Å². The van der Waals surface area contributed by atoms with E-state index in [0.29, 0.717) is 12.8 Å². The number of nitrogens with two attached hydrogens (primary N) is 1. The lowest BCUT2D eigenvalue weighted by Gasteiger charge is -2.26. The topological polar surface area (TPSA) is 90.6 Å². The molecule has 3 N–H and O–H groups in total. The molecule has 1 rings (SSSR count). The summed E-state index contributed by atoms with van der Waals surface area (Å²) in [5, 5.41) is 2.75. The number of carbonyl (C=O) groups excluding carboxylic acids is 2. The zero-order valence-electron chi connectivity index (χ0n) is 16.7. The van der Waals surface area contributed by atoms with Crippen molar-refractivity contribution in [2.45, 2.75) is 65.1 Å². The highest BCUT2D eigenvalue weighted by molar-refractivity contribution is 5.87. The van der Waals surface area contributed by atoms with Gasteiger partial charge < -0.3 is 20.5 Å². The zero-order valence-corrected chi connectivity index (χ0v) is 16.7. The maximum absolute atomic E-state index is 12.6. The minimum absolute atomic E-state index is 0.289. The SMILES string of the molecule is COc1ccc(C[C@H](NC(=O)[C@@H](N)CC(C)C)C(=O)OC(C)(C)C)cc1. The normalized spacial score (nSPS) is 13.8. The number of ether oxygens (including phenoxy) is 2. The van der Waals surface area contributed by atoms with Gasteiger partial charge in [-0.1, -0.05) is 26.0 Å². The van der Waals surface area contributed by atoms with E-state index in [1.54, 1.807) is 27.9 Å². The molecule has 6 heteroatoms. The number of hydrogen-bond donors (Lipinski definition) is 2. The fraction of sp³-hybridized carbons (Fsp3) is 0.600. The van der Waals surface area contributed by atoms with Crippen LogP contribution in [0.5, 0.6) is 5.75 Å². The molecule has 0 spiro atoms. The molecule has 1 aromatic carbocycles. The molecule has 2 atom stereocenters. The fourth-order valence-electron chi connectivity index (χ4n) is 2.46. The number of hydrogen-bond acceptors (Lipinski definition) is 5. The third-order valence-electron chi connectivity index (χ3n) is 3.67. The van der Waals surface area contributed by atoms with Crippen LogP contribution in [0, 0.1) is 5.92 Å². The second-order valence-corrected chi connectivity index (χ2v) is 7.88. The van der Waals surface area contributed by atoms with Crippen LogP contribution in [0.2, 0.25) is 0 Å². The standard InChI is InChI=1S/C20H32N2O4/c1-13(2)11-16(21)18(23)22-17(19(24)26-20(3,4)5)12-14-7-9-15(25-6)10-8-14/h7-10,13,16-17H,11-12,21H2,1-6H3,(H,22,23)/t16-,17-/m0/s1. The van der Waals surface area contributed by atoms with Gasteiger partial charge in [0.25, 0.3) is 0 Å². The van der Waals surface area contributed by atoms with Crippen molar-refractivity contribution in [3.8, 4) is 5.75 Å². The lowest BCUT2D eigenvalue weighted by Crippen LogP contribution is -2.51. The summed E-state index contributed by atoms with van der Waals surface area (Å²) >= 11 is 0. The minimum Gasteiger partial charge on any atom is -0.497 e. The number of nitrogens with one attached hydrogen (secondary N) is 1. The number of methoxy groups -OCH3 is 1. The van der Waals surface area contributed by atoms with Gasteiger partial charge in [0.1, 0.15) is 17.4 Å². The predicted molar refractivity (Wildman–Crippen MR) is 102 cm³/mol. The molecule has 0 aromatic heterocycles. The van der Waals surface area contributed by atoms with Crippen LogP contribution < -0.4 is 15.8 Å². The maximum atomic E-state index is 12.6. The maximum Gasteiger partial charge on any atom is 0.329 e. The molecule has 26 heavy (non-hydrogen) atoms. The van der Waals surface area contributed by atoms with E-state index in [4.69, 9.17) is 15.2 Å². The van der Waals surface area contributed by atoms with Gasteiger partial charge in [0, 0.05) is 6.42 Å². The van der Waals surface area contributed by atoms with Crippen molar-refractivity contribution < 1.29 is 19.1 Å². The molecule has 0 unspecified atom stereocenters. The van der Waals surface area contributed by atoms with Crippen molar-refractivity contribution in [3.63, 3.8) is 0 Å². The van der Waals surface area contributed by atoms with Crippen LogP contribution in [0.1, 0.15) is 46.6 Å². The lowest BCUT2D eigenvalue weighted by molar-refractivity contribution is -0.158. The fourth-order valence-corrected chi connectivity index (χ4v) is 2.46. The van der Waals surface area contributed by atoms with Crippen LogP contribution in [-0.2, 0) is 20.7 Å². The Bertz CT molecular complexity index is 591. The molecule has 0 fully saturated rings. The van der Waals surface area contributed by atoms with Gasteiger partial charge in [-0.05, 0) is 50.8 Å². The predicted octanol–water partition coefficient (Wildman–Crippen LogP) is 2.44. The Morgan fingerprint density at radius 3 is 2.19 bits per heavy atom. The summed E-state index contributed by atoms with van der Waals surface area (Å²) in [5.41, 5.74) is 6.19. The Labute approximate surface area is 156 Å². The molecule has 0 heterocycles. The van der Waals surface area contributed by atoms with Crippen LogP contribution in [0.25, 0.3) is 0 Å². The second kappa shape index (κ2) is 9.57. The van der Waals surface area contributed by atoms with Gasteiger partial charge in [-0.25, -0.2) is 4.79 Å². The Balaban J connectivity index is 2.90. The molecule has 0 saturated carbocycles. The van der Waals surface area contributed by atoms with E-state index in [1.807, 2.05) is 38.1 Å². The summed E-state index contributed by atoms with van der Waals surface area (Å²) in [6.07, 6.45) is 0.869. The van der Waals surface area contributed by atoms with E-state index < -0.39 is 23.7 Å². The van der Waals surface area contributed by atoms with Crippen molar-refractivity contribution in [1.29, 1.82) is 0 Å². The highest BCUT2D eigenvalue weighted by Crippen LogP contribution is 2.15. The molecule has 6 nitrogen and oxygen atoms in total. The van der Waals surface area contributed by atoms with Crippen molar-refractivity contribution >= 4 is 11.9 Å². The molecule has 0 bridgehead atoms. The molecule has 0 saturated heterocycles. The largest absolute Gasteiger partial charge is 0.497 e. The molecule has 1 amide bonds. The molecular weight excluding hydrogens is 332 g/mol. The van der Waals surface area contributed by atoms with Crippen LogP contribution in [0.15, 0.2) is 24.3 Å². The van der Waals surface area contributed by atoms with E-state index >= 15 is 0 Å². The third-order valence-corrected chi connectivity index (χ3v) is 3.67. The number of esters is 1. The minimum atomic E-state index is -0.798. The van der Waals surface area contributed by atoms with Crippen molar-refractivity contribution in [3.05, 3.63) is 29.8 Å². The summed E-state index contributed by atoms with van der Waals surface area (Å²) in [4.78, 5) is 24.9. The number of carbonyl (C=O) groups is 2. The number of benzene rings is 1. The summed E-state index contributed by atoms with van der Waals surface area (Å²) in [5.74, 6) is 0.198. The molecule has 0 aliphatic carbocycles. The van der Waals surface area contributed by atoms with Gasteiger partial charge in [-0.15, -0.1) is 0 Å². The molecule has 0 aliphatic heterocycles. The molecule has 1 aromatic rings. The first-order valence-electron chi connectivity index (χ1n) is 8.93. The Kier molecular flexibility index (Phi) is 8.08. The van der Waals surface area contributed by atoms with E-state index in [0.717, 1.165) is 11.3 Å². The van der Waals surface area contributed by atoms with E-state index in [1.165, 1.54) is 0 Å². The highest BCUT2D eigenvalue weighted by Gasteiger charge is 2.28. The van der Waals surface area contributed by atoms with Gasteiger partial charge >= 0.3 is 5.97 Å². The highest BCUT2D eigenvalue weighted by atomic mass is 16.6. The summed E-state index contributed by atoms with van der Waals surface area (Å²) in [6, 6.07) is 5.89. The van der Waals surface area contributed by atoms with Crippen molar-refractivity contribution in [2.24, 2.45) is 11.7 Å². The molecule has 0 aliphatic rings. The smallest absolute Gasteiger partial charge is 0.329 e. The van der Waals surface area contributed by atoms with E-state index in [-0.39, 0.29) is 11.8 Å². The van der Waals surface area contributed by atoms with E-state index in [2.05, 4.69) is 5.32 Å². The first-order chi connectivity index (χ1) is 12.0. The average Bonchev–Trinajstić information content (AvgIpc) is 2.52. The first kappa shape index (κ1) is 22.0. The molecular formula is C20H32N2O4. The van der Waals surface area contributed by atoms with Gasteiger partial charge in [0.15, 0.2) is 0 Å². The van der Waals surface area contributed by atoms with Crippen LogP contribution >= 0.6 is 0 Å². The van der Waals surface area contributed by atoms with Crippen molar-refractivity contribution in [1.82, 2.24) is 5.32 Å². The molecule has 0 radical (unpaired) electrons. The van der Waals surface area contributed by atoms with Gasteiger partial charge in [0.2, 0.25) is 5.91 Å². The average molecular weight is 364 g/mol. The summed E-state index contributed by atoms with van der Waals surface area (Å²) in [6.45, 7) is 9.37. The Morgan fingerprint density at radius 2 is 1.73 bits per heavy atom. The Morgan fingerprint density at radius 1 is 1.15 bits per heavy atom. The van der Waals surface area contributed by atoms with Gasteiger partial charge in [-0.2, -0.15) is 0 Å². The van der Waals surface area contributed by atoms with Gasteiger partial charge in [-0.3, -0.25) is 4.79 Å². The van der Waals surface area contributed by atoms with Crippen LogP contribution in [0.4, 0.5) is 0 Å². The third kappa shape index (κ3) is 7.87. The van der Waals surface area contributed by atoms with E-state index in [9.17, 15) is 9.59 Å². The number of amides is 1. The van der Waals surface area contributed by atoms with Gasteiger partial charge in [0.05, 0.1) is 13.2 Å². The quantitative estimate of drug-likeness (QED) is 0.692. The monoisotopic (exact) mass is 364 g/mol. The van der Waals surface area contributed by atoms with Crippen molar-refractivity contribution in [2.75, 3.05) is 7.11 Å². The Hall–Kier alpha value is -2.08. The number of rotatable bonds is 8. The lowest BCUT2D eigenvalue weighted by atomic mass is 10.0. The molecule has 146 valence electrons. The first-order valence-corrected chi connectivity index (χ1v) is 8.93. The summed E-state index contributed by atoms with van der Waals surface area (Å²) < 4.78 is 10.6. The summed E-state index contributed by atoms with van der Waals surface area (Å²) in [7, 11) is 1.59. The zero-order chi connectivity index (χ0) is 19.9. The second-order valence-electron chi connectivity index (χ2n) is 7.88.